The number of rotatable bonds is 3. The Balaban J connectivity index is 2.08. The van der Waals surface area contributed by atoms with Crippen molar-refractivity contribution in [2.75, 3.05) is 0 Å². The van der Waals surface area contributed by atoms with Crippen LogP contribution in [-0.4, -0.2) is 8.42 Å². The molecular formula is C17H15ClO2S2. The lowest BCUT2D eigenvalue weighted by Gasteiger charge is -2.07. The van der Waals surface area contributed by atoms with Gasteiger partial charge >= 0.3 is 0 Å². The molecule has 0 atom stereocenters. The summed E-state index contributed by atoms with van der Waals surface area (Å²) in [5, 5.41) is 3.94. The summed E-state index contributed by atoms with van der Waals surface area (Å²) >= 11 is 7.21. The lowest BCUT2D eigenvalue weighted by atomic mass is 9.98. The van der Waals surface area contributed by atoms with Gasteiger partial charge in [0, 0.05) is 16.0 Å². The zero-order chi connectivity index (χ0) is 15.7. The predicted octanol–water partition coefficient (Wildman–Crippen LogP) is 5.11. The number of halogens is 1. The molecule has 0 unspecified atom stereocenters. The topological polar surface area (TPSA) is 34.1 Å². The third kappa shape index (κ3) is 3.05. The van der Waals surface area contributed by atoms with Crippen LogP contribution in [0.4, 0.5) is 0 Å². The second-order valence-corrected chi connectivity index (χ2v) is 8.53. The highest BCUT2D eigenvalue weighted by Gasteiger charge is 2.23. The Morgan fingerprint density at radius 2 is 1.86 bits per heavy atom. The van der Waals surface area contributed by atoms with Crippen LogP contribution in [0, 0.1) is 0 Å². The summed E-state index contributed by atoms with van der Waals surface area (Å²) in [6, 6.07) is 9.56. The molecule has 0 spiro atoms. The van der Waals surface area contributed by atoms with Crippen molar-refractivity contribution in [1.29, 1.82) is 0 Å². The second kappa shape index (κ2) is 6.03. The Labute approximate surface area is 139 Å². The van der Waals surface area contributed by atoms with Crippen LogP contribution < -0.4 is 0 Å². The molecule has 0 bridgehead atoms. The average Bonchev–Trinajstić information content (AvgIpc) is 2.94. The molecular weight excluding hydrogens is 336 g/mol. The van der Waals surface area contributed by atoms with E-state index in [4.69, 9.17) is 11.6 Å². The minimum atomic E-state index is -3.35. The molecule has 5 heteroatoms. The predicted molar refractivity (Wildman–Crippen MR) is 93.0 cm³/mol. The molecule has 2 aromatic rings. The van der Waals surface area contributed by atoms with E-state index in [0.29, 0.717) is 22.1 Å². The van der Waals surface area contributed by atoms with Crippen LogP contribution >= 0.6 is 22.9 Å². The quantitative estimate of drug-likeness (QED) is 0.770. The lowest BCUT2D eigenvalue weighted by Crippen LogP contribution is -1.97. The number of hydrogen-bond donors (Lipinski definition) is 0. The zero-order valence-corrected chi connectivity index (χ0v) is 14.4. The first-order valence-electron chi connectivity index (χ1n) is 6.98. The SMILES string of the molecule is CCC1=CS(=O)(=O)c2sccc2C(Cc2ccc(Cl)cc2)=C1. The summed E-state index contributed by atoms with van der Waals surface area (Å²) in [5.41, 5.74) is 3.81. The van der Waals surface area contributed by atoms with E-state index in [1.807, 2.05) is 48.7 Å². The van der Waals surface area contributed by atoms with E-state index in [-0.39, 0.29) is 0 Å². The number of fused-ring (bicyclic) bond motifs is 1. The second-order valence-electron chi connectivity index (χ2n) is 5.19. The summed E-state index contributed by atoms with van der Waals surface area (Å²) < 4.78 is 25.3. The largest absolute Gasteiger partial charge is 0.218 e. The maximum atomic E-state index is 12.4. The summed E-state index contributed by atoms with van der Waals surface area (Å²) in [7, 11) is -3.35. The molecule has 0 fully saturated rings. The smallest absolute Gasteiger partial charge is 0.210 e. The Hall–Kier alpha value is -1.36. The van der Waals surface area contributed by atoms with Gasteiger partial charge in [-0.2, -0.15) is 0 Å². The molecule has 0 radical (unpaired) electrons. The van der Waals surface area contributed by atoms with Crippen molar-refractivity contribution in [3.8, 4) is 0 Å². The van der Waals surface area contributed by atoms with Gasteiger partial charge in [-0.3, -0.25) is 0 Å². The van der Waals surface area contributed by atoms with Gasteiger partial charge in [0.05, 0.1) is 0 Å². The standard InChI is InChI=1S/C17H15ClO2S2/c1-2-12-9-14(10-13-3-5-15(18)6-4-13)16-7-8-21-17(16)22(19,20)11-12/h3-9,11H,2,10H2,1H3. The fraction of sp³-hybridized carbons (Fsp3) is 0.176. The summed E-state index contributed by atoms with van der Waals surface area (Å²) in [5.74, 6) is 0. The van der Waals surface area contributed by atoms with E-state index >= 15 is 0 Å². The molecule has 22 heavy (non-hydrogen) atoms. The number of thiophene rings is 1. The first-order valence-corrected chi connectivity index (χ1v) is 9.78. The minimum Gasteiger partial charge on any atom is -0.218 e. The van der Waals surface area contributed by atoms with Crippen molar-refractivity contribution in [3.05, 3.63) is 68.9 Å². The van der Waals surface area contributed by atoms with E-state index in [1.165, 1.54) is 16.7 Å². The van der Waals surface area contributed by atoms with E-state index in [9.17, 15) is 8.42 Å². The maximum absolute atomic E-state index is 12.4. The normalized spacial score (nSPS) is 16.5. The van der Waals surface area contributed by atoms with Crippen molar-refractivity contribution in [3.63, 3.8) is 0 Å². The highest BCUT2D eigenvalue weighted by atomic mass is 35.5. The van der Waals surface area contributed by atoms with Crippen molar-refractivity contribution in [2.45, 2.75) is 24.0 Å². The van der Waals surface area contributed by atoms with Gasteiger partial charge in [-0.15, -0.1) is 11.3 Å². The van der Waals surface area contributed by atoms with Crippen molar-refractivity contribution < 1.29 is 8.42 Å². The molecule has 0 N–H and O–H groups in total. The number of benzene rings is 1. The molecule has 1 aliphatic heterocycles. The third-order valence-electron chi connectivity index (χ3n) is 3.62. The van der Waals surface area contributed by atoms with Gasteiger partial charge in [0.15, 0.2) is 0 Å². The molecule has 0 saturated carbocycles. The van der Waals surface area contributed by atoms with Crippen molar-refractivity contribution >= 4 is 38.3 Å². The summed E-state index contributed by atoms with van der Waals surface area (Å²) in [4.78, 5) is 0. The van der Waals surface area contributed by atoms with Gasteiger partial charge in [0.1, 0.15) is 4.21 Å². The van der Waals surface area contributed by atoms with E-state index in [2.05, 4.69) is 0 Å². The number of hydrogen-bond acceptors (Lipinski definition) is 3. The molecule has 1 aromatic heterocycles. The monoisotopic (exact) mass is 350 g/mol. The van der Waals surface area contributed by atoms with E-state index in [0.717, 1.165) is 22.3 Å². The van der Waals surface area contributed by atoms with Crippen LogP contribution in [0.15, 0.2) is 57.0 Å². The molecule has 114 valence electrons. The fourth-order valence-electron chi connectivity index (χ4n) is 2.50. The Morgan fingerprint density at radius 3 is 2.55 bits per heavy atom. The molecule has 0 saturated heterocycles. The van der Waals surface area contributed by atoms with Gasteiger partial charge < -0.3 is 0 Å². The maximum Gasteiger partial charge on any atom is 0.210 e. The zero-order valence-electron chi connectivity index (χ0n) is 12.0. The Bertz CT molecular complexity index is 856. The molecule has 0 aliphatic carbocycles. The molecule has 0 amide bonds. The first-order chi connectivity index (χ1) is 10.5. The number of sulfone groups is 1. The average molecular weight is 351 g/mol. The van der Waals surface area contributed by atoms with Gasteiger partial charge in [0.2, 0.25) is 9.84 Å². The van der Waals surface area contributed by atoms with Crippen LogP contribution in [0.1, 0.15) is 24.5 Å². The van der Waals surface area contributed by atoms with E-state index in [1.54, 1.807) is 0 Å². The summed E-state index contributed by atoms with van der Waals surface area (Å²) in [6.45, 7) is 1.97. The number of allylic oxidation sites excluding steroid dienone is 3. The molecule has 2 nitrogen and oxygen atoms in total. The fourth-order valence-corrected chi connectivity index (χ4v) is 5.37. The third-order valence-corrected chi connectivity index (χ3v) is 6.91. The van der Waals surface area contributed by atoms with Crippen molar-refractivity contribution in [1.82, 2.24) is 0 Å². The van der Waals surface area contributed by atoms with Crippen LogP contribution in [0.25, 0.3) is 5.57 Å². The van der Waals surface area contributed by atoms with Crippen LogP contribution in [0.5, 0.6) is 0 Å². The van der Waals surface area contributed by atoms with Gasteiger partial charge in [-0.1, -0.05) is 36.7 Å². The van der Waals surface area contributed by atoms with Gasteiger partial charge in [0.25, 0.3) is 0 Å². The van der Waals surface area contributed by atoms with Gasteiger partial charge in [-0.05, 0) is 53.1 Å². The molecule has 1 aromatic carbocycles. The Morgan fingerprint density at radius 1 is 1.14 bits per heavy atom. The summed E-state index contributed by atoms with van der Waals surface area (Å²) in [6.07, 6.45) is 3.39. The van der Waals surface area contributed by atoms with Crippen LogP contribution in [-0.2, 0) is 16.3 Å². The minimum absolute atomic E-state index is 0.441. The highest BCUT2D eigenvalue weighted by molar-refractivity contribution is 7.96. The lowest BCUT2D eigenvalue weighted by molar-refractivity contribution is 0.606. The Kier molecular flexibility index (Phi) is 4.26. The molecule has 2 heterocycles. The van der Waals surface area contributed by atoms with Gasteiger partial charge in [-0.25, -0.2) is 8.42 Å². The van der Waals surface area contributed by atoms with E-state index < -0.39 is 9.84 Å². The highest BCUT2D eigenvalue weighted by Crippen LogP contribution is 2.36. The molecule has 3 rings (SSSR count). The molecule has 1 aliphatic rings. The van der Waals surface area contributed by atoms with Crippen LogP contribution in [0.3, 0.4) is 0 Å². The van der Waals surface area contributed by atoms with Crippen LogP contribution in [0.2, 0.25) is 5.02 Å². The first kappa shape index (κ1) is 15.5. The van der Waals surface area contributed by atoms with Crippen molar-refractivity contribution in [2.24, 2.45) is 0 Å².